The SMILES string of the molecule is CC(C)(C)C(CBr)CN(CCCO)C1CCC1. The Labute approximate surface area is 115 Å². The molecule has 1 fully saturated rings. The Morgan fingerprint density at radius 3 is 2.35 bits per heavy atom. The van der Waals surface area contributed by atoms with Gasteiger partial charge in [-0.2, -0.15) is 0 Å². The summed E-state index contributed by atoms with van der Waals surface area (Å²) in [5.41, 5.74) is 0.352. The van der Waals surface area contributed by atoms with Crippen LogP contribution in [0, 0.1) is 11.3 Å². The molecule has 1 N–H and O–H groups in total. The van der Waals surface area contributed by atoms with Crippen LogP contribution in [0.4, 0.5) is 0 Å². The van der Waals surface area contributed by atoms with Crippen LogP contribution in [0.25, 0.3) is 0 Å². The summed E-state index contributed by atoms with van der Waals surface area (Å²) >= 11 is 3.66. The average Bonchev–Trinajstić information content (AvgIpc) is 2.17. The van der Waals surface area contributed by atoms with Crippen LogP contribution in [-0.2, 0) is 0 Å². The zero-order valence-electron chi connectivity index (χ0n) is 11.6. The number of rotatable bonds is 7. The van der Waals surface area contributed by atoms with Crippen molar-refractivity contribution in [2.45, 2.75) is 52.5 Å². The molecule has 0 spiro atoms. The van der Waals surface area contributed by atoms with Gasteiger partial charge in [-0.25, -0.2) is 0 Å². The second-order valence-electron chi connectivity index (χ2n) is 6.37. The van der Waals surface area contributed by atoms with Crippen LogP contribution in [0.2, 0.25) is 0 Å². The molecule has 0 aliphatic heterocycles. The molecule has 3 heteroatoms. The predicted octanol–water partition coefficient (Wildman–Crippen LogP) is 3.28. The largest absolute Gasteiger partial charge is 0.396 e. The molecule has 0 aromatic carbocycles. The van der Waals surface area contributed by atoms with E-state index in [0.29, 0.717) is 17.9 Å². The highest BCUT2D eigenvalue weighted by molar-refractivity contribution is 9.09. The monoisotopic (exact) mass is 305 g/mol. The number of aliphatic hydroxyl groups excluding tert-OH is 1. The van der Waals surface area contributed by atoms with Crippen LogP contribution in [0.5, 0.6) is 0 Å². The van der Waals surface area contributed by atoms with E-state index in [1.54, 1.807) is 0 Å². The number of nitrogens with zero attached hydrogens (tertiary/aromatic N) is 1. The fourth-order valence-electron chi connectivity index (χ4n) is 2.29. The predicted molar refractivity (Wildman–Crippen MR) is 77.7 cm³/mol. The molecule has 1 unspecified atom stereocenters. The van der Waals surface area contributed by atoms with E-state index in [0.717, 1.165) is 24.3 Å². The molecular formula is C14H28BrNO. The summed E-state index contributed by atoms with van der Waals surface area (Å²) in [4.78, 5) is 2.61. The summed E-state index contributed by atoms with van der Waals surface area (Å²) in [6.45, 7) is 9.51. The van der Waals surface area contributed by atoms with Crippen LogP contribution >= 0.6 is 15.9 Å². The van der Waals surface area contributed by atoms with Gasteiger partial charge in [-0.05, 0) is 30.6 Å². The van der Waals surface area contributed by atoms with Crippen LogP contribution < -0.4 is 0 Å². The molecule has 0 radical (unpaired) electrons. The van der Waals surface area contributed by atoms with Gasteiger partial charge in [0.15, 0.2) is 0 Å². The summed E-state index contributed by atoms with van der Waals surface area (Å²) in [5.74, 6) is 0.682. The summed E-state index contributed by atoms with van der Waals surface area (Å²) in [7, 11) is 0. The van der Waals surface area contributed by atoms with E-state index in [4.69, 9.17) is 5.11 Å². The normalized spacial score (nSPS) is 19.4. The van der Waals surface area contributed by atoms with Crippen molar-refractivity contribution in [3.63, 3.8) is 0 Å². The van der Waals surface area contributed by atoms with E-state index in [1.165, 1.54) is 25.8 Å². The van der Waals surface area contributed by atoms with Crippen molar-refractivity contribution in [3.05, 3.63) is 0 Å². The van der Waals surface area contributed by atoms with Gasteiger partial charge >= 0.3 is 0 Å². The maximum Gasteiger partial charge on any atom is 0.0443 e. The highest BCUT2D eigenvalue weighted by atomic mass is 79.9. The van der Waals surface area contributed by atoms with Gasteiger partial charge in [0.2, 0.25) is 0 Å². The first-order valence-corrected chi connectivity index (χ1v) is 8.02. The minimum atomic E-state index is 0.317. The second-order valence-corrected chi connectivity index (χ2v) is 7.02. The Balaban J connectivity index is 2.50. The van der Waals surface area contributed by atoms with E-state index in [-0.39, 0.29) is 0 Å². The van der Waals surface area contributed by atoms with Gasteiger partial charge in [0.1, 0.15) is 0 Å². The third-order valence-corrected chi connectivity index (χ3v) is 4.84. The molecule has 17 heavy (non-hydrogen) atoms. The lowest BCUT2D eigenvalue weighted by Gasteiger charge is -2.42. The van der Waals surface area contributed by atoms with Crippen LogP contribution in [0.3, 0.4) is 0 Å². The summed E-state index contributed by atoms with van der Waals surface area (Å²) in [6, 6.07) is 0.783. The van der Waals surface area contributed by atoms with Gasteiger partial charge in [-0.15, -0.1) is 0 Å². The quantitative estimate of drug-likeness (QED) is 0.730. The first-order valence-electron chi connectivity index (χ1n) is 6.90. The molecule has 1 aliphatic rings. The third-order valence-electron chi connectivity index (χ3n) is 4.06. The Kier molecular flexibility index (Phi) is 6.46. The van der Waals surface area contributed by atoms with Crippen LogP contribution in [0.1, 0.15) is 46.5 Å². The summed E-state index contributed by atoms with van der Waals surface area (Å²) in [6.07, 6.45) is 5.00. The van der Waals surface area contributed by atoms with Gasteiger partial charge in [0.25, 0.3) is 0 Å². The zero-order valence-corrected chi connectivity index (χ0v) is 13.2. The second kappa shape index (κ2) is 7.10. The van der Waals surface area contributed by atoms with E-state index in [9.17, 15) is 0 Å². The molecule has 0 aromatic heterocycles. The van der Waals surface area contributed by atoms with Crippen molar-refractivity contribution in [3.8, 4) is 0 Å². The molecule has 0 saturated heterocycles. The number of halogens is 1. The standard InChI is InChI=1S/C14H28BrNO/c1-14(2,3)12(10-15)11-16(8-5-9-17)13-6-4-7-13/h12-13,17H,4-11H2,1-3H3. The smallest absolute Gasteiger partial charge is 0.0443 e. The first kappa shape index (κ1) is 15.5. The number of alkyl halides is 1. The molecule has 0 amide bonds. The Hall–Kier alpha value is 0.400. The van der Waals surface area contributed by atoms with Gasteiger partial charge in [-0.3, -0.25) is 4.90 Å². The van der Waals surface area contributed by atoms with Crippen molar-refractivity contribution in [2.75, 3.05) is 25.0 Å². The van der Waals surface area contributed by atoms with Crippen molar-refractivity contribution in [1.82, 2.24) is 4.90 Å². The Morgan fingerprint density at radius 2 is 2.00 bits per heavy atom. The van der Waals surface area contributed by atoms with Gasteiger partial charge in [0, 0.05) is 31.1 Å². The van der Waals surface area contributed by atoms with Crippen molar-refractivity contribution >= 4 is 15.9 Å². The average molecular weight is 306 g/mol. The van der Waals surface area contributed by atoms with Gasteiger partial charge < -0.3 is 5.11 Å². The topological polar surface area (TPSA) is 23.5 Å². The molecule has 0 bridgehead atoms. The molecule has 102 valence electrons. The molecule has 1 aliphatic carbocycles. The maximum absolute atomic E-state index is 9.00. The summed E-state index contributed by atoms with van der Waals surface area (Å²) < 4.78 is 0. The molecule has 1 atom stereocenters. The highest BCUT2D eigenvalue weighted by Crippen LogP contribution is 2.32. The fourth-order valence-corrected chi connectivity index (χ4v) is 3.46. The van der Waals surface area contributed by atoms with Crippen LogP contribution in [0.15, 0.2) is 0 Å². The summed E-state index contributed by atoms with van der Waals surface area (Å²) in [5, 5.41) is 10.1. The third kappa shape index (κ3) is 4.88. The fraction of sp³-hybridized carbons (Fsp3) is 1.00. The van der Waals surface area contributed by atoms with Crippen LogP contribution in [-0.4, -0.2) is 41.1 Å². The Bertz CT molecular complexity index is 211. The van der Waals surface area contributed by atoms with E-state index in [1.807, 2.05) is 0 Å². The lowest BCUT2D eigenvalue weighted by molar-refractivity contribution is 0.0772. The Morgan fingerprint density at radius 1 is 1.35 bits per heavy atom. The van der Waals surface area contributed by atoms with E-state index < -0.39 is 0 Å². The molecular weight excluding hydrogens is 278 g/mol. The number of aliphatic hydroxyl groups is 1. The minimum absolute atomic E-state index is 0.317. The number of hydrogen-bond acceptors (Lipinski definition) is 2. The van der Waals surface area contributed by atoms with E-state index >= 15 is 0 Å². The van der Waals surface area contributed by atoms with Crippen molar-refractivity contribution < 1.29 is 5.11 Å². The van der Waals surface area contributed by atoms with Crippen molar-refractivity contribution in [1.29, 1.82) is 0 Å². The van der Waals surface area contributed by atoms with E-state index in [2.05, 4.69) is 41.6 Å². The molecule has 2 nitrogen and oxygen atoms in total. The maximum atomic E-state index is 9.00. The molecule has 1 rings (SSSR count). The first-order chi connectivity index (χ1) is 7.99. The molecule has 0 heterocycles. The highest BCUT2D eigenvalue weighted by Gasteiger charge is 2.30. The number of hydrogen-bond donors (Lipinski definition) is 1. The molecule has 0 aromatic rings. The van der Waals surface area contributed by atoms with Gasteiger partial charge in [0.05, 0.1) is 0 Å². The molecule has 1 saturated carbocycles. The zero-order chi connectivity index (χ0) is 12.9. The lowest BCUT2D eigenvalue weighted by Crippen LogP contribution is -2.46. The lowest BCUT2D eigenvalue weighted by atomic mass is 9.80. The minimum Gasteiger partial charge on any atom is -0.396 e. The van der Waals surface area contributed by atoms with Gasteiger partial charge in [-0.1, -0.05) is 43.1 Å². The van der Waals surface area contributed by atoms with Crippen molar-refractivity contribution in [2.24, 2.45) is 11.3 Å².